The first kappa shape index (κ1) is 21.6. The first-order chi connectivity index (χ1) is 14.3. The Morgan fingerprint density at radius 2 is 1.63 bits per heavy atom. The molecule has 0 saturated carbocycles. The molecule has 5 nitrogen and oxygen atoms in total. The number of benzene rings is 3. The zero-order valence-electron chi connectivity index (χ0n) is 17.1. The molecule has 0 aromatic heterocycles. The predicted octanol–water partition coefficient (Wildman–Crippen LogP) is 4.73. The third-order valence-electron chi connectivity index (χ3n) is 4.65. The molecule has 0 aliphatic heterocycles. The average molecular weight is 430 g/mol. The molecule has 0 bridgehead atoms. The van der Waals surface area contributed by atoms with Crippen molar-refractivity contribution < 1.29 is 22.3 Å². The van der Waals surface area contributed by atoms with Crippen LogP contribution >= 0.6 is 0 Å². The van der Waals surface area contributed by atoms with Crippen LogP contribution in [0.2, 0.25) is 0 Å². The summed E-state index contributed by atoms with van der Waals surface area (Å²) in [7, 11) is -2.49. The smallest absolute Gasteiger partial charge is 0.264 e. The predicted molar refractivity (Wildman–Crippen MR) is 115 cm³/mol. The van der Waals surface area contributed by atoms with Gasteiger partial charge in [0.05, 0.1) is 24.2 Å². The van der Waals surface area contributed by atoms with Crippen molar-refractivity contribution >= 4 is 15.7 Å². The summed E-state index contributed by atoms with van der Waals surface area (Å²) in [6.45, 7) is 4.07. The summed E-state index contributed by atoms with van der Waals surface area (Å²) >= 11 is 0. The summed E-state index contributed by atoms with van der Waals surface area (Å²) in [6, 6.07) is 17.5. The number of halogens is 1. The molecule has 0 radical (unpaired) electrons. The summed E-state index contributed by atoms with van der Waals surface area (Å²) < 4.78 is 52.5. The Hall–Kier alpha value is -3.06. The van der Waals surface area contributed by atoms with Gasteiger partial charge in [-0.15, -0.1) is 0 Å². The molecule has 3 aromatic rings. The minimum absolute atomic E-state index is 0.0125. The van der Waals surface area contributed by atoms with Crippen LogP contribution in [0.15, 0.2) is 71.6 Å². The SMILES string of the molecule is COc1ccccc1N(CCOc1cc(C)ccc1C)S(=O)(=O)c1ccc(F)cc1. The first-order valence-corrected chi connectivity index (χ1v) is 10.9. The maximum absolute atomic E-state index is 13.4. The Morgan fingerprint density at radius 1 is 0.933 bits per heavy atom. The largest absolute Gasteiger partial charge is 0.495 e. The van der Waals surface area contributed by atoms with Crippen molar-refractivity contribution in [1.82, 2.24) is 0 Å². The number of methoxy groups -OCH3 is 1. The van der Waals surface area contributed by atoms with Crippen molar-refractivity contribution in [2.45, 2.75) is 18.7 Å². The van der Waals surface area contributed by atoms with E-state index in [1.54, 1.807) is 24.3 Å². The van der Waals surface area contributed by atoms with Gasteiger partial charge in [0.25, 0.3) is 10.0 Å². The molecule has 0 fully saturated rings. The number of para-hydroxylation sites is 2. The fourth-order valence-corrected chi connectivity index (χ4v) is 4.50. The number of aryl methyl sites for hydroxylation is 2. The zero-order valence-corrected chi connectivity index (χ0v) is 17.9. The van der Waals surface area contributed by atoms with Gasteiger partial charge >= 0.3 is 0 Å². The normalized spacial score (nSPS) is 11.2. The van der Waals surface area contributed by atoms with E-state index in [-0.39, 0.29) is 18.0 Å². The summed E-state index contributed by atoms with van der Waals surface area (Å²) in [4.78, 5) is -0.0125. The molecule has 0 heterocycles. The van der Waals surface area contributed by atoms with Crippen molar-refractivity contribution in [3.63, 3.8) is 0 Å². The maximum atomic E-state index is 13.4. The molecule has 0 N–H and O–H groups in total. The van der Waals surface area contributed by atoms with Crippen molar-refractivity contribution in [3.05, 3.63) is 83.7 Å². The van der Waals surface area contributed by atoms with Crippen LogP contribution in [0, 0.1) is 19.7 Å². The van der Waals surface area contributed by atoms with Crippen molar-refractivity contribution in [2.24, 2.45) is 0 Å². The topological polar surface area (TPSA) is 55.8 Å². The quantitative estimate of drug-likeness (QED) is 0.520. The average Bonchev–Trinajstić information content (AvgIpc) is 2.73. The fourth-order valence-electron chi connectivity index (χ4n) is 3.04. The van der Waals surface area contributed by atoms with Crippen LogP contribution in [0.25, 0.3) is 0 Å². The minimum atomic E-state index is -3.97. The van der Waals surface area contributed by atoms with E-state index in [1.807, 2.05) is 32.0 Å². The number of rotatable bonds is 8. The van der Waals surface area contributed by atoms with Gasteiger partial charge in [-0.1, -0.05) is 24.3 Å². The molecule has 3 aromatic carbocycles. The van der Waals surface area contributed by atoms with E-state index in [1.165, 1.54) is 23.5 Å². The van der Waals surface area contributed by atoms with Crippen LogP contribution in [0.1, 0.15) is 11.1 Å². The van der Waals surface area contributed by atoms with Gasteiger partial charge in [0, 0.05) is 0 Å². The van der Waals surface area contributed by atoms with E-state index in [0.717, 1.165) is 23.3 Å². The Kier molecular flexibility index (Phi) is 6.62. The molecule has 0 spiro atoms. The van der Waals surface area contributed by atoms with Gasteiger partial charge in [-0.05, 0) is 67.4 Å². The van der Waals surface area contributed by atoms with Crippen LogP contribution in [-0.4, -0.2) is 28.7 Å². The van der Waals surface area contributed by atoms with Gasteiger partial charge in [-0.25, -0.2) is 12.8 Å². The molecule has 0 unspecified atom stereocenters. The second-order valence-corrected chi connectivity index (χ2v) is 8.68. The number of hydrogen-bond acceptors (Lipinski definition) is 4. The van der Waals surface area contributed by atoms with Gasteiger partial charge in [0.2, 0.25) is 0 Å². The second kappa shape index (κ2) is 9.17. The number of anilines is 1. The molecular formula is C23H24FNO4S. The van der Waals surface area contributed by atoms with E-state index in [2.05, 4.69) is 0 Å². The minimum Gasteiger partial charge on any atom is -0.495 e. The summed E-state index contributed by atoms with van der Waals surface area (Å²) in [5, 5.41) is 0. The number of nitrogens with zero attached hydrogens (tertiary/aromatic N) is 1. The van der Waals surface area contributed by atoms with Gasteiger partial charge in [-0.2, -0.15) is 0 Å². The van der Waals surface area contributed by atoms with Crippen LogP contribution in [0.5, 0.6) is 11.5 Å². The lowest BCUT2D eigenvalue weighted by Gasteiger charge is -2.26. The first-order valence-electron chi connectivity index (χ1n) is 9.44. The van der Waals surface area contributed by atoms with Crippen LogP contribution in [-0.2, 0) is 10.0 Å². The van der Waals surface area contributed by atoms with E-state index in [9.17, 15) is 12.8 Å². The fraction of sp³-hybridized carbons (Fsp3) is 0.217. The molecule has 0 aliphatic rings. The number of ether oxygens (including phenoxy) is 2. The lowest BCUT2D eigenvalue weighted by atomic mass is 10.1. The number of hydrogen-bond donors (Lipinski definition) is 0. The van der Waals surface area contributed by atoms with Gasteiger partial charge in [0.1, 0.15) is 23.9 Å². The maximum Gasteiger partial charge on any atom is 0.264 e. The lowest BCUT2D eigenvalue weighted by Crippen LogP contribution is -2.35. The molecule has 0 atom stereocenters. The Morgan fingerprint density at radius 3 is 2.33 bits per heavy atom. The van der Waals surface area contributed by atoms with Crippen molar-refractivity contribution in [3.8, 4) is 11.5 Å². The Bertz CT molecular complexity index is 1110. The van der Waals surface area contributed by atoms with Crippen molar-refractivity contribution in [1.29, 1.82) is 0 Å². The van der Waals surface area contributed by atoms with Gasteiger partial charge < -0.3 is 9.47 Å². The third kappa shape index (κ3) is 4.74. The van der Waals surface area contributed by atoms with Crippen LogP contribution in [0.4, 0.5) is 10.1 Å². The van der Waals surface area contributed by atoms with Gasteiger partial charge in [0.15, 0.2) is 0 Å². The van der Waals surface area contributed by atoms with E-state index in [4.69, 9.17) is 9.47 Å². The van der Waals surface area contributed by atoms with Crippen LogP contribution < -0.4 is 13.8 Å². The second-order valence-electron chi connectivity index (χ2n) is 6.82. The lowest BCUT2D eigenvalue weighted by molar-refractivity contribution is 0.325. The Balaban J connectivity index is 1.93. The standard InChI is InChI=1S/C23H24FNO4S/c1-17-8-9-18(2)23(16-17)29-15-14-25(21-6-4-5-7-22(21)28-3)30(26,27)20-12-10-19(24)11-13-20/h4-13,16H,14-15H2,1-3H3. The molecule has 30 heavy (non-hydrogen) atoms. The molecule has 7 heteroatoms. The highest BCUT2D eigenvalue weighted by atomic mass is 32.2. The molecule has 158 valence electrons. The summed E-state index contributed by atoms with van der Waals surface area (Å²) in [5.74, 6) is 0.611. The molecule has 0 amide bonds. The summed E-state index contributed by atoms with van der Waals surface area (Å²) in [6.07, 6.45) is 0. The monoisotopic (exact) mass is 429 g/mol. The third-order valence-corrected chi connectivity index (χ3v) is 6.48. The highest BCUT2D eigenvalue weighted by molar-refractivity contribution is 7.92. The highest BCUT2D eigenvalue weighted by Gasteiger charge is 2.27. The van der Waals surface area contributed by atoms with Crippen LogP contribution in [0.3, 0.4) is 0 Å². The Labute approximate surface area is 176 Å². The summed E-state index contributed by atoms with van der Waals surface area (Å²) in [5.41, 5.74) is 2.40. The molecular weight excluding hydrogens is 405 g/mol. The zero-order chi connectivity index (χ0) is 21.7. The number of sulfonamides is 1. The molecule has 3 rings (SSSR count). The van der Waals surface area contributed by atoms with E-state index >= 15 is 0 Å². The van der Waals surface area contributed by atoms with E-state index in [0.29, 0.717) is 17.2 Å². The van der Waals surface area contributed by atoms with Crippen molar-refractivity contribution in [2.75, 3.05) is 24.6 Å². The van der Waals surface area contributed by atoms with Gasteiger partial charge in [-0.3, -0.25) is 4.31 Å². The molecule has 0 saturated heterocycles. The molecule has 0 aliphatic carbocycles. The highest BCUT2D eigenvalue weighted by Crippen LogP contribution is 2.32. The van der Waals surface area contributed by atoms with E-state index < -0.39 is 15.8 Å².